The highest BCUT2D eigenvalue weighted by Crippen LogP contribution is 2.38. The van der Waals surface area contributed by atoms with Crippen LogP contribution in [0.25, 0.3) is 88.3 Å². The first kappa shape index (κ1) is 28.4. The highest BCUT2D eigenvalue weighted by atomic mass is 15.1. The average Bonchev–Trinajstić information content (AvgIpc) is 3.68. The standard InChI is InChI=1S/C44H30N6/c1-27-28(2)34(44-43-30(25-47-48-44)8-7-22-46-43)19-18-33(27)29-13-15-31(16-14-29)49-41-20-17-32(24-37(41)38-26-45-23-21-42(38)49)50-39-11-5-3-9-35(39)36-10-4-6-12-40(36)50/h3-26H,1-2H3. The second-order valence-corrected chi connectivity index (χ2v) is 12.9. The smallest absolute Gasteiger partial charge is 0.119 e. The number of pyridine rings is 2. The number of hydrogen-bond acceptors (Lipinski definition) is 4. The van der Waals surface area contributed by atoms with Gasteiger partial charge < -0.3 is 9.13 Å². The summed E-state index contributed by atoms with van der Waals surface area (Å²) < 4.78 is 4.72. The van der Waals surface area contributed by atoms with Crippen LogP contribution in [0.5, 0.6) is 0 Å². The van der Waals surface area contributed by atoms with Crippen molar-refractivity contribution in [2.75, 3.05) is 0 Å². The van der Waals surface area contributed by atoms with Crippen LogP contribution in [0.15, 0.2) is 146 Å². The number of hydrogen-bond donors (Lipinski definition) is 0. The van der Waals surface area contributed by atoms with E-state index in [0.29, 0.717) is 0 Å². The Balaban J connectivity index is 1.08. The molecule has 50 heavy (non-hydrogen) atoms. The number of aromatic nitrogens is 6. The summed E-state index contributed by atoms with van der Waals surface area (Å²) in [5, 5.41) is 14.6. The lowest BCUT2D eigenvalue weighted by Crippen LogP contribution is -1.97. The fourth-order valence-corrected chi connectivity index (χ4v) is 7.75. The first-order valence-corrected chi connectivity index (χ1v) is 16.8. The van der Waals surface area contributed by atoms with Gasteiger partial charge in [-0.05, 0) is 96.8 Å². The van der Waals surface area contributed by atoms with E-state index in [4.69, 9.17) is 0 Å². The van der Waals surface area contributed by atoms with Crippen LogP contribution in [-0.2, 0) is 0 Å². The molecule has 10 rings (SSSR count). The van der Waals surface area contributed by atoms with Crippen molar-refractivity contribution in [3.63, 3.8) is 0 Å². The maximum absolute atomic E-state index is 4.62. The van der Waals surface area contributed by atoms with Crippen molar-refractivity contribution in [2.45, 2.75) is 13.8 Å². The lowest BCUT2D eigenvalue weighted by molar-refractivity contribution is 1.05. The van der Waals surface area contributed by atoms with Gasteiger partial charge in [0.1, 0.15) is 5.69 Å². The summed E-state index contributed by atoms with van der Waals surface area (Å²) in [5.41, 5.74) is 14.4. The zero-order chi connectivity index (χ0) is 33.3. The predicted molar refractivity (Wildman–Crippen MR) is 204 cm³/mol. The molecule has 0 spiro atoms. The van der Waals surface area contributed by atoms with Crippen LogP contribution in [0.3, 0.4) is 0 Å². The molecule has 0 amide bonds. The Morgan fingerprint density at radius 3 is 1.96 bits per heavy atom. The molecule has 236 valence electrons. The van der Waals surface area contributed by atoms with Gasteiger partial charge in [0.25, 0.3) is 0 Å². The molecule has 0 saturated carbocycles. The second-order valence-electron chi connectivity index (χ2n) is 12.9. The highest BCUT2D eigenvalue weighted by Gasteiger charge is 2.18. The van der Waals surface area contributed by atoms with Crippen LogP contribution >= 0.6 is 0 Å². The molecule has 0 N–H and O–H groups in total. The minimum Gasteiger partial charge on any atom is -0.309 e. The summed E-state index contributed by atoms with van der Waals surface area (Å²) in [5.74, 6) is 0. The minimum atomic E-state index is 0.813. The Bertz CT molecular complexity index is 2890. The van der Waals surface area contributed by atoms with Crippen molar-refractivity contribution in [2.24, 2.45) is 0 Å². The molecule has 5 aromatic carbocycles. The molecule has 6 nitrogen and oxygen atoms in total. The van der Waals surface area contributed by atoms with Crippen LogP contribution in [0.1, 0.15) is 11.1 Å². The van der Waals surface area contributed by atoms with Crippen molar-refractivity contribution >= 4 is 54.5 Å². The Kier molecular flexibility index (Phi) is 6.20. The van der Waals surface area contributed by atoms with Gasteiger partial charge in [-0.2, -0.15) is 5.10 Å². The molecule has 0 unspecified atom stereocenters. The fraction of sp³-hybridized carbons (Fsp3) is 0.0455. The summed E-state index contributed by atoms with van der Waals surface area (Å²) in [6, 6.07) is 43.4. The molecule has 0 aliphatic heterocycles. The third kappa shape index (κ3) is 4.15. The Labute approximate surface area is 287 Å². The van der Waals surface area contributed by atoms with Gasteiger partial charge >= 0.3 is 0 Å². The largest absolute Gasteiger partial charge is 0.309 e. The lowest BCUT2D eigenvalue weighted by atomic mass is 9.92. The van der Waals surface area contributed by atoms with E-state index in [1.54, 1.807) is 6.20 Å². The zero-order valence-corrected chi connectivity index (χ0v) is 27.5. The van der Waals surface area contributed by atoms with Gasteiger partial charge in [-0.1, -0.05) is 60.7 Å². The molecule has 0 radical (unpaired) electrons. The summed E-state index contributed by atoms with van der Waals surface area (Å²) in [6.45, 7) is 4.34. The second kappa shape index (κ2) is 10.9. The molecule has 0 atom stereocenters. The number of benzene rings is 5. The van der Waals surface area contributed by atoms with Gasteiger partial charge in [-0.25, -0.2) is 0 Å². The molecular formula is C44H30N6. The van der Waals surface area contributed by atoms with E-state index >= 15 is 0 Å². The lowest BCUT2D eigenvalue weighted by Gasteiger charge is -2.15. The van der Waals surface area contributed by atoms with Gasteiger partial charge in [0.2, 0.25) is 0 Å². The SMILES string of the molecule is Cc1c(-c2ccc(-n3c4ccncc4c4cc(-n5c6ccccc6c6ccccc65)ccc43)cc2)ccc(-c2nncc3cccnc23)c1C. The van der Waals surface area contributed by atoms with Crippen molar-refractivity contribution in [3.8, 4) is 33.8 Å². The maximum Gasteiger partial charge on any atom is 0.119 e. The average molecular weight is 643 g/mol. The quantitative estimate of drug-likeness (QED) is 0.192. The molecular weight excluding hydrogens is 613 g/mol. The van der Waals surface area contributed by atoms with Crippen molar-refractivity contribution in [3.05, 3.63) is 157 Å². The molecule has 5 heterocycles. The van der Waals surface area contributed by atoms with E-state index in [1.807, 2.05) is 30.7 Å². The number of nitrogens with zero attached hydrogens (tertiary/aromatic N) is 6. The molecule has 0 bridgehead atoms. The molecule has 0 fully saturated rings. The van der Waals surface area contributed by atoms with Gasteiger partial charge in [-0.15, -0.1) is 5.10 Å². The first-order valence-electron chi connectivity index (χ1n) is 16.8. The molecule has 0 aliphatic carbocycles. The first-order chi connectivity index (χ1) is 24.7. The molecule has 10 aromatic rings. The molecule has 0 saturated heterocycles. The Morgan fingerprint density at radius 1 is 0.500 bits per heavy atom. The Morgan fingerprint density at radius 2 is 1.16 bits per heavy atom. The van der Waals surface area contributed by atoms with E-state index in [0.717, 1.165) is 50.0 Å². The summed E-state index contributed by atoms with van der Waals surface area (Å²) in [7, 11) is 0. The zero-order valence-electron chi connectivity index (χ0n) is 27.5. The van der Waals surface area contributed by atoms with Crippen LogP contribution in [0.4, 0.5) is 0 Å². The van der Waals surface area contributed by atoms with Crippen molar-refractivity contribution < 1.29 is 0 Å². The summed E-state index contributed by atoms with van der Waals surface area (Å²) >= 11 is 0. The predicted octanol–water partition coefficient (Wildman–Crippen LogP) is 10.6. The van der Waals surface area contributed by atoms with E-state index in [1.165, 1.54) is 49.4 Å². The minimum absolute atomic E-state index is 0.813. The fourth-order valence-electron chi connectivity index (χ4n) is 7.75. The van der Waals surface area contributed by atoms with Gasteiger partial charge in [-0.3, -0.25) is 9.97 Å². The Hall–Kier alpha value is -6.66. The van der Waals surface area contributed by atoms with Gasteiger partial charge in [0, 0.05) is 62.5 Å². The topological polar surface area (TPSA) is 61.4 Å². The van der Waals surface area contributed by atoms with E-state index < -0.39 is 0 Å². The van der Waals surface area contributed by atoms with Crippen molar-refractivity contribution in [1.82, 2.24) is 29.3 Å². The maximum atomic E-state index is 4.62. The normalized spacial score (nSPS) is 11.8. The third-order valence-corrected chi connectivity index (χ3v) is 10.3. The monoisotopic (exact) mass is 642 g/mol. The van der Waals surface area contributed by atoms with E-state index in [-0.39, 0.29) is 0 Å². The number of para-hydroxylation sites is 2. The summed E-state index contributed by atoms with van der Waals surface area (Å²) in [6.07, 6.45) is 7.44. The van der Waals surface area contributed by atoms with E-state index in [9.17, 15) is 0 Å². The highest BCUT2D eigenvalue weighted by molar-refractivity contribution is 6.12. The van der Waals surface area contributed by atoms with Crippen LogP contribution in [0.2, 0.25) is 0 Å². The molecule has 5 aromatic heterocycles. The summed E-state index contributed by atoms with van der Waals surface area (Å²) in [4.78, 5) is 9.17. The van der Waals surface area contributed by atoms with Crippen LogP contribution in [0, 0.1) is 13.8 Å². The molecule has 0 aliphatic rings. The third-order valence-electron chi connectivity index (χ3n) is 10.3. The van der Waals surface area contributed by atoms with Gasteiger partial charge in [0.05, 0.1) is 33.8 Å². The van der Waals surface area contributed by atoms with Crippen LogP contribution < -0.4 is 0 Å². The van der Waals surface area contributed by atoms with Crippen LogP contribution in [-0.4, -0.2) is 29.3 Å². The number of rotatable bonds is 4. The van der Waals surface area contributed by atoms with E-state index in [2.05, 4.69) is 152 Å². The van der Waals surface area contributed by atoms with Gasteiger partial charge in [0.15, 0.2) is 0 Å². The van der Waals surface area contributed by atoms with Crippen molar-refractivity contribution in [1.29, 1.82) is 0 Å². The number of fused-ring (bicyclic) bond motifs is 7. The molecule has 6 heteroatoms.